The maximum absolute atomic E-state index is 6.16. The number of aryl methyl sites for hydroxylation is 1. The molecule has 0 spiro atoms. The van der Waals surface area contributed by atoms with Crippen LogP contribution in [0.2, 0.25) is 0 Å². The van der Waals surface area contributed by atoms with E-state index < -0.39 is 0 Å². The molecule has 1 aromatic rings. The Labute approximate surface area is 115 Å². The van der Waals surface area contributed by atoms with Gasteiger partial charge in [-0.2, -0.15) is 5.10 Å². The average molecular weight is 273 g/mol. The van der Waals surface area contributed by atoms with E-state index in [9.17, 15) is 0 Å². The van der Waals surface area contributed by atoms with Crippen LogP contribution in [-0.2, 0) is 11.3 Å². The van der Waals surface area contributed by atoms with Crippen LogP contribution in [0.5, 0.6) is 0 Å². The zero-order chi connectivity index (χ0) is 13.7. The Balaban J connectivity index is 2.46. The summed E-state index contributed by atoms with van der Waals surface area (Å²) < 4.78 is 7.62. The molecule has 0 N–H and O–H groups in total. The summed E-state index contributed by atoms with van der Waals surface area (Å²) in [5, 5.41) is 4.53. The number of ether oxygens (including phenoxy) is 1. The van der Waals surface area contributed by atoms with Gasteiger partial charge in [0, 0.05) is 17.9 Å². The highest BCUT2D eigenvalue weighted by Crippen LogP contribution is 2.25. The molecule has 18 heavy (non-hydrogen) atoms. The fraction of sp³-hybridized carbons (Fsp3) is 0.786. The Morgan fingerprint density at radius 3 is 2.39 bits per heavy atom. The van der Waals surface area contributed by atoms with Crippen LogP contribution in [0.1, 0.15) is 49.5 Å². The van der Waals surface area contributed by atoms with E-state index in [0.717, 1.165) is 36.5 Å². The van der Waals surface area contributed by atoms with E-state index in [1.807, 2.05) is 18.5 Å². The van der Waals surface area contributed by atoms with Gasteiger partial charge in [0.1, 0.15) is 0 Å². The molecule has 3 nitrogen and oxygen atoms in total. The number of aromatic nitrogens is 2. The van der Waals surface area contributed by atoms with Gasteiger partial charge in [0.05, 0.1) is 24.2 Å². The van der Waals surface area contributed by atoms with Crippen molar-refractivity contribution < 1.29 is 4.74 Å². The fourth-order valence-electron chi connectivity index (χ4n) is 2.08. The summed E-state index contributed by atoms with van der Waals surface area (Å²) in [6.45, 7) is 12.8. The first-order valence-corrected chi connectivity index (χ1v) is 7.12. The van der Waals surface area contributed by atoms with E-state index in [0.29, 0.717) is 12.5 Å². The van der Waals surface area contributed by atoms with Gasteiger partial charge >= 0.3 is 0 Å². The van der Waals surface area contributed by atoms with Gasteiger partial charge in [0.25, 0.3) is 0 Å². The minimum atomic E-state index is 0.0145. The van der Waals surface area contributed by atoms with E-state index in [-0.39, 0.29) is 5.38 Å². The van der Waals surface area contributed by atoms with Gasteiger partial charge in [-0.25, -0.2) is 0 Å². The normalized spacial score (nSPS) is 13.3. The second kappa shape index (κ2) is 7.15. The molecule has 1 unspecified atom stereocenters. The molecule has 1 atom stereocenters. The minimum Gasteiger partial charge on any atom is -0.380 e. The van der Waals surface area contributed by atoms with Crippen LogP contribution in [0.4, 0.5) is 0 Å². The molecule has 0 aromatic carbocycles. The third kappa shape index (κ3) is 4.29. The molecule has 0 aliphatic heterocycles. The highest BCUT2D eigenvalue weighted by atomic mass is 35.5. The maximum Gasteiger partial charge on any atom is 0.0662 e. The zero-order valence-electron chi connectivity index (χ0n) is 12.2. The van der Waals surface area contributed by atoms with Gasteiger partial charge in [-0.1, -0.05) is 13.8 Å². The second-order valence-electron chi connectivity index (χ2n) is 5.22. The van der Waals surface area contributed by atoms with E-state index in [4.69, 9.17) is 16.3 Å². The number of hydrogen-bond donors (Lipinski definition) is 0. The largest absolute Gasteiger partial charge is 0.380 e. The van der Waals surface area contributed by atoms with Crippen molar-refractivity contribution in [2.75, 3.05) is 13.2 Å². The maximum atomic E-state index is 6.16. The summed E-state index contributed by atoms with van der Waals surface area (Å²) in [6, 6.07) is 0. The highest BCUT2D eigenvalue weighted by molar-refractivity contribution is 6.20. The molecule has 0 bridgehead atoms. The third-order valence-electron chi connectivity index (χ3n) is 3.12. The molecule has 0 saturated carbocycles. The summed E-state index contributed by atoms with van der Waals surface area (Å²) >= 11 is 6.16. The van der Waals surface area contributed by atoms with Gasteiger partial charge in [-0.15, -0.1) is 11.6 Å². The van der Waals surface area contributed by atoms with Crippen LogP contribution in [0.25, 0.3) is 0 Å². The van der Waals surface area contributed by atoms with Crippen LogP contribution in [0, 0.1) is 19.8 Å². The summed E-state index contributed by atoms with van der Waals surface area (Å²) in [5.41, 5.74) is 3.33. The molecule has 0 amide bonds. The number of halogens is 1. The average Bonchev–Trinajstić information content (AvgIpc) is 2.53. The summed E-state index contributed by atoms with van der Waals surface area (Å²) in [7, 11) is 0. The number of hydrogen-bond acceptors (Lipinski definition) is 2. The van der Waals surface area contributed by atoms with Gasteiger partial charge < -0.3 is 4.74 Å². The number of alkyl halides is 1. The van der Waals surface area contributed by atoms with Crippen molar-refractivity contribution in [1.82, 2.24) is 9.78 Å². The lowest BCUT2D eigenvalue weighted by molar-refractivity contribution is 0.113. The SMILES string of the molecule is Cc1nn(CCOCCC(C)C)c(C)c1C(C)Cl. The Morgan fingerprint density at radius 1 is 1.22 bits per heavy atom. The molecule has 104 valence electrons. The second-order valence-corrected chi connectivity index (χ2v) is 5.87. The predicted molar refractivity (Wildman–Crippen MR) is 76.2 cm³/mol. The standard InChI is InChI=1S/C14H25ClN2O/c1-10(2)6-8-18-9-7-17-13(5)14(11(3)15)12(4)16-17/h10-11H,6-9H2,1-5H3. The number of nitrogens with zero attached hydrogens (tertiary/aromatic N) is 2. The Hall–Kier alpha value is -0.540. The van der Waals surface area contributed by atoms with E-state index in [1.165, 1.54) is 0 Å². The van der Waals surface area contributed by atoms with Gasteiger partial charge in [-0.05, 0) is 33.1 Å². The van der Waals surface area contributed by atoms with Crippen LogP contribution < -0.4 is 0 Å². The molecular formula is C14H25ClN2O. The lowest BCUT2D eigenvalue weighted by atomic mass is 10.1. The Kier molecular flexibility index (Phi) is 6.16. The lowest BCUT2D eigenvalue weighted by Crippen LogP contribution is -2.10. The number of rotatable bonds is 7. The lowest BCUT2D eigenvalue weighted by Gasteiger charge is -2.08. The van der Waals surface area contributed by atoms with Crippen LogP contribution in [-0.4, -0.2) is 23.0 Å². The van der Waals surface area contributed by atoms with Gasteiger partial charge in [0.2, 0.25) is 0 Å². The molecule has 0 fully saturated rings. The van der Waals surface area contributed by atoms with Gasteiger partial charge in [0.15, 0.2) is 0 Å². The molecule has 0 saturated heterocycles. The van der Waals surface area contributed by atoms with Crippen molar-refractivity contribution in [3.63, 3.8) is 0 Å². The Morgan fingerprint density at radius 2 is 1.89 bits per heavy atom. The van der Waals surface area contributed by atoms with Crippen LogP contribution in [0.15, 0.2) is 0 Å². The Bertz CT molecular complexity index is 372. The molecule has 1 heterocycles. The zero-order valence-corrected chi connectivity index (χ0v) is 12.9. The molecule has 0 aliphatic carbocycles. The van der Waals surface area contributed by atoms with Crippen molar-refractivity contribution in [2.45, 2.75) is 53.0 Å². The van der Waals surface area contributed by atoms with Crippen molar-refractivity contribution in [2.24, 2.45) is 5.92 Å². The van der Waals surface area contributed by atoms with Crippen molar-refractivity contribution in [3.8, 4) is 0 Å². The van der Waals surface area contributed by atoms with Crippen LogP contribution in [0.3, 0.4) is 0 Å². The topological polar surface area (TPSA) is 27.1 Å². The summed E-state index contributed by atoms with van der Waals surface area (Å²) in [6.07, 6.45) is 1.11. The van der Waals surface area contributed by atoms with Crippen molar-refractivity contribution in [3.05, 3.63) is 17.0 Å². The fourth-order valence-corrected chi connectivity index (χ4v) is 2.39. The van der Waals surface area contributed by atoms with Crippen molar-refractivity contribution in [1.29, 1.82) is 0 Å². The third-order valence-corrected chi connectivity index (χ3v) is 3.34. The molecule has 0 radical (unpaired) electrons. The van der Waals surface area contributed by atoms with E-state index in [1.54, 1.807) is 0 Å². The summed E-state index contributed by atoms with van der Waals surface area (Å²) in [5.74, 6) is 0.697. The van der Waals surface area contributed by atoms with Crippen LogP contribution >= 0.6 is 11.6 Å². The molecule has 4 heteroatoms. The first-order chi connectivity index (χ1) is 8.43. The molecule has 0 aliphatic rings. The minimum absolute atomic E-state index is 0.0145. The van der Waals surface area contributed by atoms with Gasteiger partial charge in [-0.3, -0.25) is 4.68 Å². The molecule has 1 aromatic heterocycles. The summed E-state index contributed by atoms with van der Waals surface area (Å²) in [4.78, 5) is 0. The highest BCUT2D eigenvalue weighted by Gasteiger charge is 2.15. The quantitative estimate of drug-likeness (QED) is 0.557. The molecular weight excluding hydrogens is 248 g/mol. The van der Waals surface area contributed by atoms with E-state index >= 15 is 0 Å². The van der Waals surface area contributed by atoms with Crippen molar-refractivity contribution >= 4 is 11.6 Å². The smallest absolute Gasteiger partial charge is 0.0662 e. The molecule has 1 rings (SSSR count). The first-order valence-electron chi connectivity index (χ1n) is 6.69. The monoisotopic (exact) mass is 272 g/mol. The first kappa shape index (κ1) is 15.5. The van der Waals surface area contributed by atoms with E-state index in [2.05, 4.69) is 25.9 Å². The predicted octanol–water partition coefficient (Wildman–Crippen LogP) is 3.86.